The quantitative estimate of drug-likeness (QED) is 0.252. The molecule has 0 radical (unpaired) electrons. The van der Waals surface area contributed by atoms with Crippen LogP contribution in [0.25, 0.3) is 0 Å². The van der Waals surface area contributed by atoms with Gasteiger partial charge in [0.1, 0.15) is 10.4 Å². The van der Waals surface area contributed by atoms with Gasteiger partial charge in [-0.15, -0.1) is 0 Å². The molecule has 0 amide bonds. The van der Waals surface area contributed by atoms with E-state index in [1.54, 1.807) is 16.8 Å². The largest absolute Gasteiger partial charge is 0.360 e. The number of ether oxygens (including phenoxy) is 1. The minimum Gasteiger partial charge on any atom is -0.360 e. The maximum Gasteiger partial charge on any atom is 0.241 e. The highest BCUT2D eigenvalue weighted by atomic mass is 127. The van der Waals surface area contributed by atoms with Gasteiger partial charge in [0.2, 0.25) is 10.0 Å². The Kier molecular flexibility index (Phi) is 7.48. The minimum atomic E-state index is -3.65. The van der Waals surface area contributed by atoms with Gasteiger partial charge < -0.3 is 4.74 Å². The normalized spacial score (nSPS) is 16.2. The molecular weight excluding hydrogens is 541 g/mol. The summed E-state index contributed by atoms with van der Waals surface area (Å²) < 4.78 is 37.0. The summed E-state index contributed by atoms with van der Waals surface area (Å²) in [5.74, 6) is 0.288. The molecule has 1 aromatic carbocycles. The first-order valence-corrected chi connectivity index (χ1v) is 16.3. The third kappa shape index (κ3) is 6.76. The number of halogens is 2. The van der Waals surface area contributed by atoms with Gasteiger partial charge in [-0.25, -0.2) is 17.8 Å². The monoisotopic (exact) mass is 567 g/mol. The van der Waals surface area contributed by atoms with Crippen molar-refractivity contribution in [2.45, 2.75) is 56.2 Å². The zero-order valence-corrected chi connectivity index (χ0v) is 21.6. The first-order chi connectivity index (χ1) is 13.5. The van der Waals surface area contributed by atoms with E-state index in [2.05, 4.69) is 52.1 Å². The molecule has 10 heteroatoms. The molecule has 1 atom stereocenters. The Labute approximate surface area is 192 Å². The maximum atomic E-state index is 12.9. The van der Waals surface area contributed by atoms with Crippen LogP contribution in [0, 0.1) is 9.62 Å². The molecule has 1 N–H and O–H groups in total. The lowest BCUT2D eigenvalue weighted by atomic mass is 10.1. The van der Waals surface area contributed by atoms with Crippen LogP contribution < -0.4 is 4.72 Å². The Morgan fingerprint density at radius 2 is 1.97 bits per heavy atom. The zero-order chi connectivity index (χ0) is 21.2. The molecule has 29 heavy (non-hydrogen) atoms. The molecule has 2 aromatic rings. The molecule has 1 aliphatic rings. The lowest BCUT2D eigenvalue weighted by molar-refractivity contribution is 0.0783. The molecule has 3 rings (SSSR count). The third-order valence-corrected chi connectivity index (χ3v) is 9.05. The molecule has 0 aliphatic heterocycles. The zero-order valence-electron chi connectivity index (χ0n) is 16.9. The van der Waals surface area contributed by atoms with E-state index >= 15 is 0 Å². The minimum absolute atomic E-state index is 0.213. The second kappa shape index (κ2) is 9.35. The summed E-state index contributed by atoms with van der Waals surface area (Å²) in [5, 5.41) is 5.03. The second-order valence-corrected chi connectivity index (χ2v) is 17.4. The van der Waals surface area contributed by atoms with Crippen molar-refractivity contribution in [2.24, 2.45) is 5.92 Å². The average Bonchev–Trinajstić information content (AvgIpc) is 3.39. The number of aromatic nitrogens is 2. The Hall–Kier alpha value is -0.463. The van der Waals surface area contributed by atoms with Crippen LogP contribution in [0.3, 0.4) is 0 Å². The van der Waals surface area contributed by atoms with Crippen molar-refractivity contribution in [2.75, 3.05) is 6.61 Å². The van der Waals surface area contributed by atoms with Crippen LogP contribution >= 0.6 is 34.2 Å². The third-order valence-electron chi connectivity index (χ3n) is 4.80. The van der Waals surface area contributed by atoms with Crippen molar-refractivity contribution in [3.63, 3.8) is 0 Å². The van der Waals surface area contributed by atoms with Crippen LogP contribution in [0.5, 0.6) is 0 Å². The molecule has 1 unspecified atom stereocenters. The van der Waals surface area contributed by atoms with Gasteiger partial charge in [0.25, 0.3) is 0 Å². The SMILES string of the molecule is C[Si](C)(C)CCOCn1cc(C(NS(=O)(=O)c2ccc(Cl)cc2)C2CC2)c(I)n1. The van der Waals surface area contributed by atoms with E-state index in [-0.39, 0.29) is 16.9 Å². The van der Waals surface area contributed by atoms with E-state index in [1.807, 2.05) is 6.20 Å². The first-order valence-electron chi connectivity index (χ1n) is 9.64. The topological polar surface area (TPSA) is 73.2 Å². The Morgan fingerprint density at radius 3 is 2.55 bits per heavy atom. The summed E-state index contributed by atoms with van der Waals surface area (Å²) in [6.45, 7) is 8.05. The van der Waals surface area contributed by atoms with E-state index in [0.29, 0.717) is 11.8 Å². The fourth-order valence-corrected chi connectivity index (χ4v) is 5.84. The molecular formula is C19H27ClIN3O3SSi. The van der Waals surface area contributed by atoms with Gasteiger partial charge in [0.05, 0.1) is 10.9 Å². The highest BCUT2D eigenvalue weighted by Gasteiger charge is 2.37. The highest BCUT2D eigenvalue weighted by molar-refractivity contribution is 14.1. The van der Waals surface area contributed by atoms with Crippen molar-refractivity contribution in [1.82, 2.24) is 14.5 Å². The summed E-state index contributed by atoms with van der Waals surface area (Å²) in [5.41, 5.74) is 0.902. The highest BCUT2D eigenvalue weighted by Crippen LogP contribution is 2.42. The van der Waals surface area contributed by atoms with Gasteiger partial charge in [0.15, 0.2) is 0 Å². The molecule has 1 fully saturated rings. The van der Waals surface area contributed by atoms with Crippen molar-refractivity contribution in [1.29, 1.82) is 0 Å². The number of sulfonamides is 1. The van der Waals surface area contributed by atoms with Crippen molar-refractivity contribution < 1.29 is 13.2 Å². The molecule has 0 spiro atoms. The molecule has 1 aliphatic carbocycles. The van der Waals surface area contributed by atoms with Crippen molar-refractivity contribution >= 4 is 52.3 Å². The lowest BCUT2D eigenvalue weighted by Crippen LogP contribution is -2.30. The number of hydrogen-bond donors (Lipinski definition) is 1. The Morgan fingerprint density at radius 1 is 1.31 bits per heavy atom. The molecule has 160 valence electrons. The fraction of sp³-hybridized carbons (Fsp3) is 0.526. The Bertz CT molecular complexity index is 941. The summed E-state index contributed by atoms with van der Waals surface area (Å²) in [6, 6.07) is 7.02. The number of benzene rings is 1. The van der Waals surface area contributed by atoms with Gasteiger partial charge in [-0.2, -0.15) is 5.10 Å². The van der Waals surface area contributed by atoms with Gasteiger partial charge in [-0.05, 0) is 71.7 Å². The smallest absolute Gasteiger partial charge is 0.241 e. The Balaban J connectivity index is 1.71. The van der Waals surface area contributed by atoms with Gasteiger partial charge >= 0.3 is 0 Å². The number of nitrogens with zero attached hydrogens (tertiary/aromatic N) is 2. The van der Waals surface area contributed by atoms with Crippen LogP contribution in [0.15, 0.2) is 35.4 Å². The van der Waals surface area contributed by atoms with Crippen LogP contribution in [0.1, 0.15) is 24.4 Å². The lowest BCUT2D eigenvalue weighted by Gasteiger charge is -2.18. The first kappa shape index (κ1) is 23.2. The fourth-order valence-electron chi connectivity index (χ4n) is 2.92. The molecule has 0 bridgehead atoms. The van der Waals surface area contributed by atoms with E-state index in [0.717, 1.165) is 34.8 Å². The van der Waals surface area contributed by atoms with Crippen molar-refractivity contribution in [3.05, 3.63) is 44.7 Å². The number of hydrogen-bond acceptors (Lipinski definition) is 4. The standard InChI is InChI=1S/C19H27ClIN3O3SSi/c1-29(2,3)11-10-27-13-24-12-17(19(21)22-24)18(14-4-5-14)23-28(25,26)16-8-6-15(20)7-9-16/h6-9,12,14,18,23H,4-5,10-11,13H2,1-3H3. The van der Waals surface area contributed by atoms with Gasteiger partial charge in [-0.3, -0.25) is 0 Å². The summed E-state index contributed by atoms with van der Waals surface area (Å²) in [4.78, 5) is 0.213. The summed E-state index contributed by atoms with van der Waals surface area (Å²) in [6.07, 6.45) is 3.91. The second-order valence-electron chi connectivity index (χ2n) is 8.65. The number of nitrogens with one attached hydrogen (secondary N) is 1. The molecule has 0 saturated heterocycles. The summed E-state index contributed by atoms with van der Waals surface area (Å²) >= 11 is 8.06. The van der Waals surface area contributed by atoms with Crippen molar-refractivity contribution in [3.8, 4) is 0 Å². The van der Waals surface area contributed by atoms with E-state index in [4.69, 9.17) is 16.3 Å². The van der Waals surface area contributed by atoms with Crippen LogP contribution in [0.4, 0.5) is 0 Å². The summed E-state index contributed by atoms with van der Waals surface area (Å²) in [7, 11) is -4.78. The molecule has 1 saturated carbocycles. The average molecular weight is 568 g/mol. The van der Waals surface area contributed by atoms with E-state index < -0.39 is 18.1 Å². The molecule has 6 nitrogen and oxygen atoms in total. The van der Waals surface area contributed by atoms with Gasteiger partial charge in [-0.1, -0.05) is 31.2 Å². The maximum absolute atomic E-state index is 12.9. The van der Waals surface area contributed by atoms with E-state index in [9.17, 15) is 8.42 Å². The molecule has 1 aromatic heterocycles. The van der Waals surface area contributed by atoms with Crippen LogP contribution in [-0.4, -0.2) is 32.9 Å². The predicted molar refractivity (Wildman–Crippen MR) is 126 cm³/mol. The van der Waals surface area contributed by atoms with Crippen LogP contribution in [0.2, 0.25) is 30.7 Å². The van der Waals surface area contributed by atoms with Gasteiger partial charge in [0, 0.05) is 31.5 Å². The predicted octanol–water partition coefficient (Wildman–Crippen LogP) is 4.88. The number of rotatable bonds is 10. The van der Waals surface area contributed by atoms with E-state index in [1.165, 1.54) is 12.1 Å². The molecule has 1 heterocycles. The van der Waals surface area contributed by atoms with Crippen LogP contribution in [-0.2, 0) is 21.5 Å².